The first kappa shape index (κ1) is 20.6. The number of methoxy groups -OCH3 is 1. The van der Waals surface area contributed by atoms with Crippen molar-refractivity contribution in [3.63, 3.8) is 0 Å². The zero-order chi connectivity index (χ0) is 22.2. The number of amides is 1. The van der Waals surface area contributed by atoms with Crippen molar-refractivity contribution >= 4 is 45.5 Å². The lowest BCUT2D eigenvalue weighted by Crippen LogP contribution is -2.28. The average Bonchev–Trinajstić information content (AvgIpc) is 3.48. The number of fused-ring (bicyclic) bond motifs is 1. The van der Waals surface area contributed by atoms with Gasteiger partial charge in [0, 0.05) is 17.4 Å². The van der Waals surface area contributed by atoms with Gasteiger partial charge in [-0.1, -0.05) is 29.8 Å². The van der Waals surface area contributed by atoms with Crippen molar-refractivity contribution in [3.05, 3.63) is 93.0 Å². The smallest absolute Gasteiger partial charge is 0.277 e. The molecule has 1 atom stereocenters. The molecule has 1 aliphatic rings. The zero-order valence-electron chi connectivity index (χ0n) is 17.0. The second-order valence-electron chi connectivity index (χ2n) is 7.30. The highest BCUT2D eigenvalue weighted by Crippen LogP contribution is 2.39. The second kappa shape index (κ2) is 8.33. The molecule has 160 valence electrons. The largest absolute Gasteiger partial charge is 0.497 e. The third-order valence-corrected chi connectivity index (χ3v) is 6.61. The molecule has 0 bridgehead atoms. The van der Waals surface area contributed by atoms with Crippen LogP contribution in [0.25, 0.3) is 10.9 Å². The molecule has 0 radical (unpaired) electrons. The molecule has 4 aromatic rings. The van der Waals surface area contributed by atoms with Crippen LogP contribution in [0.2, 0.25) is 5.15 Å². The maximum Gasteiger partial charge on any atom is 0.277 e. The number of carbonyl (C=O) groups excluding carboxylic acids is 1. The number of halogens is 2. The molecule has 1 unspecified atom stereocenters. The molecule has 0 N–H and O–H groups in total. The molecule has 8 heteroatoms. The lowest BCUT2D eigenvalue weighted by molar-refractivity contribution is 0.0706. The molecular weight excluding hydrogens is 449 g/mol. The van der Waals surface area contributed by atoms with Crippen LogP contribution in [0.1, 0.15) is 33.3 Å². The molecular formula is C24H17ClFN3O2S. The fraction of sp³-hybridized carbons (Fsp3) is 0.125. The molecule has 5 rings (SSSR count). The van der Waals surface area contributed by atoms with Gasteiger partial charge in [0.15, 0.2) is 0 Å². The fourth-order valence-electron chi connectivity index (χ4n) is 3.80. The summed E-state index contributed by atoms with van der Waals surface area (Å²) in [4.78, 5) is 18.8. The summed E-state index contributed by atoms with van der Waals surface area (Å²) in [5, 5.41) is 8.97. The number of hydrogen-bond acceptors (Lipinski definition) is 5. The van der Waals surface area contributed by atoms with Gasteiger partial charge in [0.05, 0.1) is 34.8 Å². The summed E-state index contributed by atoms with van der Waals surface area (Å²) in [7, 11) is 1.60. The van der Waals surface area contributed by atoms with Crippen molar-refractivity contribution in [2.45, 2.75) is 12.5 Å². The van der Waals surface area contributed by atoms with Gasteiger partial charge in [-0.05, 0) is 47.8 Å². The molecule has 1 aliphatic heterocycles. The zero-order valence-corrected chi connectivity index (χ0v) is 18.5. The van der Waals surface area contributed by atoms with Gasteiger partial charge in [-0.25, -0.2) is 14.4 Å². The monoisotopic (exact) mass is 465 g/mol. The second-order valence-corrected chi connectivity index (χ2v) is 8.61. The van der Waals surface area contributed by atoms with Gasteiger partial charge in [-0.2, -0.15) is 5.10 Å². The Labute approximate surface area is 192 Å². The Kier molecular flexibility index (Phi) is 5.36. The van der Waals surface area contributed by atoms with Crippen LogP contribution in [-0.4, -0.2) is 28.7 Å². The first-order valence-corrected chi connectivity index (χ1v) is 11.1. The molecule has 0 aliphatic carbocycles. The van der Waals surface area contributed by atoms with E-state index in [0.29, 0.717) is 23.3 Å². The van der Waals surface area contributed by atoms with Crippen LogP contribution in [0.4, 0.5) is 4.39 Å². The number of rotatable bonds is 4. The van der Waals surface area contributed by atoms with Crippen molar-refractivity contribution < 1.29 is 13.9 Å². The molecule has 32 heavy (non-hydrogen) atoms. The Morgan fingerprint density at radius 3 is 2.78 bits per heavy atom. The predicted octanol–water partition coefficient (Wildman–Crippen LogP) is 6.09. The van der Waals surface area contributed by atoms with Crippen LogP contribution in [-0.2, 0) is 0 Å². The summed E-state index contributed by atoms with van der Waals surface area (Å²) in [5.41, 5.74) is 2.06. The Bertz CT molecular complexity index is 1360. The van der Waals surface area contributed by atoms with E-state index in [2.05, 4.69) is 10.1 Å². The van der Waals surface area contributed by atoms with E-state index in [1.165, 1.54) is 28.5 Å². The minimum absolute atomic E-state index is 0.0415. The summed E-state index contributed by atoms with van der Waals surface area (Å²) in [6, 6.07) is 16.6. The Hall–Kier alpha value is -3.29. The normalized spacial score (nSPS) is 15.8. The predicted molar refractivity (Wildman–Crippen MR) is 124 cm³/mol. The highest BCUT2D eigenvalue weighted by Gasteiger charge is 2.36. The van der Waals surface area contributed by atoms with E-state index in [4.69, 9.17) is 16.3 Å². The highest BCUT2D eigenvalue weighted by atomic mass is 35.5. The Morgan fingerprint density at radius 2 is 2.03 bits per heavy atom. The van der Waals surface area contributed by atoms with Crippen molar-refractivity contribution in [2.24, 2.45) is 5.10 Å². The third kappa shape index (κ3) is 3.63. The number of ether oxygens (including phenoxy) is 1. The van der Waals surface area contributed by atoms with Crippen LogP contribution < -0.4 is 4.74 Å². The average molecular weight is 466 g/mol. The van der Waals surface area contributed by atoms with Crippen molar-refractivity contribution in [3.8, 4) is 5.75 Å². The number of nitrogens with zero attached hydrogens (tertiary/aromatic N) is 3. The van der Waals surface area contributed by atoms with Crippen LogP contribution in [0, 0.1) is 5.82 Å². The van der Waals surface area contributed by atoms with Gasteiger partial charge < -0.3 is 4.74 Å². The van der Waals surface area contributed by atoms with Gasteiger partial charge >= 0.3 is 0 Å². The number of hydrazone groups is 1. The SMILES string of the molecule is COc1ccc2nc(Cl)c(C3CC(c4cccs4)=NN3C(=O)c3ccccc3F)cc2c1. The van der Waals surface area contributed by atoms with Crippen LogP contribution in [0.5, 0.6) is 5.75 Å². The lowest BCUT2D eigenvalue weighted by Gasteiger charge is -2.23. The molecule has 2 aromatic heterocycles. The van der Waals surface area contributed by atoms with E-state index in [0.717, 1.165) is 16.0 Å². The van der Waals surface area contributed by atoms with E-state index in [9.17, 15) is 9.18 Å². The van der Waals surface area contributed by atoms with Crippen molar-refractivity contribution in [2.75, 3.05) is 7.11 Å². The molecule has 0 saturated carbocycles. The van der Waals surface area contributed by atoms with Crippen LogP contribution in [0.3, 0.4) is 0 Å². The lowest BCUT2D eigenvalue weighted by atomic mass is 10.0. The molecule has 0 spiro atoms. The fourth-order valence-corrected chi connectivity index (χ4v) is 4.79. The molecule has 2 aromatic carbocycles. The van der Waals surface area contributed by atoms with Crippen molar-refractivity contribution in [1.29, 1.82) is 0 Å². The summed E-state index contributed by atoms with van der Waals surface area (Å²) in [6.45, 7) is 0. The van der Waals surface area contributed by atoms with Gasteiger partial charge in [-0.15, -0.1) is 11.3 Å². The van der Waals surface area contributed by atoms with Crippen LogP contribution in [0.15, 0.2) is 71.1 Å². The first-order chi connectivity index (χ1) is 15.5. The standard InChI is InChI=1S/C24H17ClFN3O2S/c1-31-15-8-9-19-14(11-15)12-17(23(25)27-19)21-13-20(22-7-4-10-32-22)28-29(21)24(30)16-5-2-3-6-18(16)26/h2-12,21H,13H2,1H3. The topological polar surface area (TPSA) is 54.8 Å². The van der Waals surface area contributed by atoms with Crippen LogP contribution >= 0.6 is 22.9 Å². The van der Waals surface area contributed by atoms with Gasteiger partial charge in [0.2, 0.25) is 0 Å². The van der Waals surface area contributed by atoms with E-state index >= 15 is 0 Å². The number of hydrogen-bond donors (Lipinski definition) is 0. The molecule has 3 heterocycles. The third-order valence-electron chi connectivity index (χ3n) is 5.39. The minimum Gasteiger partial charge on any atom is -0.497 e. The van der Waals surface area contributed by atoms with Gasteiger partial charge in [0.25, 0.3) is 5.91 Å². The quantitative estimate of drug-likeness (QED) is 0.343. The molecule has 0 saturated heterocycles. The summed E-state index contributed by atoms with van der Waals surface area (Å²) >= 11 is 8.11. The highest BCUT2D eigenvalue weighted by molar-refractivity contribution is 7.12. The minimum atomic E-state index is -0.594. The number of carbonyl (C=O) groups is 1. The van der Waals surface area contributed by atoms with E-state index in [-0.39, 0.29) is 10.7 Å². The van der Waals surface area contributed by atoms with Gasteiger partial charge in [-0.3, -0.25) is 4.79 Å². The Morgan fingerprint density at radius 1 is 1.19 bits per heavy atom. The molecule has 1 amide bonds. The van der Waals surface area contributed by atoms with E-state index in [1.807, 2.05) is 41.8 Å². The molecule has 5 nitrogen and oxygen atoms in total. The van der Waals surface area contributed by atoms with Gasteiger partial charge in [0.1, 0.15) is 16.7 Å². The van der Waals surface area contributed by atoms with E-state index in [1.54, 1.807) is 19.2 Å². The molecule has 0 fully saturated rings. The maximum absolute atomic E-state index is 14.4. The first-order valence-electron chi connectivity index (χ1n) is 9.89. The number of benzene rings is 2. The summed E-state index contributed by atoms with van der Waals surface area (Å²) in [5.74, 6) is -0.432. The number of aromatic nitrogens is 1. The maximum atomic E-state index is 14.4. The summed E-state index contributed by atoms with van der Waals surface area (Å²) < 4.78 is 19.7. The number of thiophene rings is 1. The Balaban J connectivity index is 1.62. The summed E-state index contributed by atoms with van der Waals surface area (Å²) in [6.07, 6.45) is 0.442. The van der Waals surface area contributed by atoms with E-state index < -0.39 is 17.8 Å². The van der Waals surface area contributed by atoms with Crippen molar-refractivity contribution in [1.82, 2.24) is 9.99 Å². The number of pyridine rings is 1.